The highest BCUT2D eigenvalue weighted by Gasteiger charge is 2.36. The summed E-state index contributed by atoms with van der Waals surface area (Å²) in [5.74, 6) is 1.79. The van der Waals surface area contributed by atoms with Gasteiger partial charge in [0.2, 0.25) is 0 Å². The van der Waals surface area contributed by atoms with E-state index in [2.05, 4.69) is 72.6 Å². The van der Waals surface area contributed by atoms with Crippen LogP contribution in [-0.4, -0.2) is 0 Å². The number of unbranched alkanes of at least 4 members (excludes halogenated alkanes) is 1. The maximum absolute atomic E-state index is 3.90. The lowest BCUT2D eigenvalue weighted by atomic mass is 9.74. The van der Waals surface area contributed by atoms with E-state index in [-0.39, 0.29) is 0 Å². The van der Waals surface area contributed by atoms with Crippen molar-refractivity contribution in [1.29, 1.82) is 0 Å². The lowest BCUT2D eigenvalue weighted by molar-refractivity contribution is 0.206. The van der Waals surface area contributed by atoms with Gasteiger partial charge in [-0.1, -0.05) is 90.0 Å². The molecule has 2 rings (SSSR count). The molecule has 2 aliphatic rings. The van der Waals surface area contributed by atoms with Gasteiger partial charge in [0.15, 0.2) is 0 Å². The first-order valence-corrected chi connectivity index (χ1v) is 12.4. The van der Waals surface area contributed by atoms with Crippen molar-refractivity contribution in [3.63, 3.8) is 0 Å². The van der Waals surface area contributed by atoms with Crippen molar-refractivity contribution in [2.45, 2.75) is 118 Å². The minimum absolute atomic E-state index is 0.605. The summed E-state index contributed by atoms with van der Waals surface area (Å²) in [5, 5.41) is 0. The predicted molar refractivity (Wildman–Crippen MR) is 135 cm³/mol. The van der Waals surface area contributed by atoms with Crippen molar-refractivity contribution in [3.05, 3.63) is 49.1 Å². The third kappa shape index (κ3) is 13.0. The second-order valence-corrected chi connectivity index (χ2v) is 9.76. The molecule has 0 bridgehead atoms. The summed E-state index contributed by atoms with van der Waals surface area (Å²) in [6.45, 7) is 23.0. The Bertz CT molecular complexity index is 462. The monoisotopic (exact) mass is 400 g/mol. The Morgan fingerprint density at radius 1 is 1.03 bits per heavy atom. The third-order valence-corrected chi connectivity index (χ3v) is 6.78. The average molecular weight is 401 g/mol. The highest BCUT2D eigenvalue weighted by Crippen LogP contribution is 2.48. The molecular formula is C29H52. The lowest BCUT2D eigenvalue weighted by Crippen LogP contribution is -2.21. The van der Waals surface area contributed by atoms with Gasteiger partial charge in [0.05, 0.1) is 0 Å². The molecule has 0 aliphatic heterocycles. The molecule has 0 amide bonds. The van der Waals surface area contributed by atoms with Crippen LogP contribution < -0.4 is 0 Å². The smallest absolute Gasteiger partial charge is 0.0282 e. The zero-order chi connectivity index (χ0) is 22.1. The topological polar surface area (TPSA) is 0 Å². The molecule has 29 heavy (non-hydrogen) atoms. The molecule has 2 atom stereocenters. The molecule has 0 aromatic heterocycles. The summed E-state index contributed by atoms with van der Waals surface area (Å²) in [5.41, 5.74) is 3.15. The molecular weight excluding hydrogens is 348 g/mol. The lowest BCUT2D eigenvalue weighted by Gasteiger charge is -2.31. The SMILES string of the molecule is C=C1CCCCC1=C.C=CCC1CCC[C@]1(C)CCC/C=C\CC.CCC(C)C. The van der Waals surface area contributed by atoms with Crippen molar-refractivity contribution in [2.75, 3.05) is 0 Å². The van der Waals surface area contributed by atoms with Crippen LogP contribution in [0.15, 0.2) is 49.1 Å². The molecule has 0 saturated heterocycles. The minimum atomic E-state index is 0.605. The summed E-state index contributed by atoms with van der Waals surface area (Å²) in [4.78, 5) is 0. The number of allylic oxidation sites excluding steroid dienone is 5. The zero-order valence-corrected chi connectivity index (χ0v) is 20.7. The van der Waals surface area contributed by atoms with Crippen LogP contribution in [-0.2, 0) is 0 Å². The molecule has 2 aliphatic carbocycles. The molecule has 0 aromatic carbocycles. The fraction of sp³-hybridized carbons (Fsp3) is 0.724. The van der Waals surface area contributed by atoms with Crippen molar-refractivity contribution in [1.82, 2.24) is 0 Å². The Labute approximate surface area is 184 Å². The molecule has 0 spiro atoms. The summed E-state index contributed by atoms with van der Waals surface area (Å²) in [6, 6.07) is 0. The summed E-state index contributed by atoms with van der Waals surface area (Å²) >= 11 is 0. The van der Waals surface area contributed by atoms with E-state index < -0.39 is 0 Å². The maximum Gasteiger partial charge on any atom is -0.0282 e. The van der Waals surface area contributed by atoms with Gasteiger partial charge in [0, 0.05) is 0 Å². The largest absolute Gasteiger partial charge is 0.103 e. The maximum atomic E-state index is 3.90. The van der Waals surface area contributed by atoms with E-state index in [0.717, 1.165) is 11.8 Å². The van der Waals surface area contributed by atoms with Gasteiger partial charge in [0.25, 0.3) is 0 Å². The first-order valence-electron chi connectivity index (χ1n) is 12.4. The van der Waals surface area contributed by atoms with E-state index in [1.54, 1.807) is 0 Å². The van der Waals surface area contributed by atoms with E-state index in [1.165, 1.54) is 94.6 Å². The molecule has 0 heteroatoms. The molecule has 2 fully saturated rings. The number of hydrogen-bond donors (Lipinski definition) is 0. The van der Waals surface area contributed by atoms with Gasteiger partial charge in [-0.05, 0) is 87.9 Å². The molecule has 2 saturated carbocycles. The van der Waals surface area contributed by atoms with E-state index in [9.17, 15) is 0 Å². The number of rotatable bonds is 8. The first-order chi connectivity index (χ1) is 13.8. The van der Waals surface area contributed by atoms with Crippen LogP contribution >= 0.6 is 0 Å². The van der Waals surface area contributed by atoms with E-state index >= 15 is 0 Å². The minimum Gasteiger partial charge on any atom is -0.103 e. The second kappa shape index (κ2) is 16.7. The van der Waals surface area contributed by atoms with Gasteiger partial charge in [-0.15, -0.1) is 6.58 Å². The Balaban J connectivity index is 0.000000498. The first kappa shape index (κ1) is 28.0. The van der Waals surface area contributed by atoms with Crippen LogP contribution in [0.1, 0.15) is 118 Å². The fourth-order valence-corrected chi connectivity index (χ4v) is 4.18. The highest BCUT2D eigenvalue weighted by molar-refractivity contribution is 5.26. The predicted octanol–water partition coefficient (Wildman–Crippen LogP) is 10.2. The van der Waals surface area contributed by atoms with Crippen molar-refractivity contribution in [2.24, 2.45) is 17.3 Å². The van der Waals surface area contributed by atoms with Gasteiger partial charge >= 0.3 is 0 Å². The van der Waals surface area contributed by atoms with Gasteiger partial charge in [0.1, 0.15) is 0 Å². The Morgan fingerprint density at radius 2 is 1.62 bits per heavy atom. The Morgan fingerprint density at radius 3 is 2.07 bits per heavy atom. The Hall–Kier alpha value is -1.04. The molecule has 168 valence electrons. The van der Waals surface area contributed by atoms with Crippen LogP contribution in [0.5, 0.6) is 0 Å². The van der Waals surface area contributed by atoms with Crippen molar-refractivity contribution in [3.8, 4) is 0 Å². The summed E-state index contributed by atoms with van der Waals surface area (Å²) in [6.07, 6.45) is 23.8. The fourth-order valence-electron chi connectivity index (χ4n) is 4.18. The second-order valence-electron chi connectivity index (χ2n) is 9.76. The number of hydrogen-bond acceptors (Lipinski definition) is 0. The molecule has 0 N–H and O–H groups in total. The molecule has 0 heterocycles. The van der Waals surface area contributed by atoms with Gasteiger partial charge in [-0.25, -0.2) is 0 Å². The normalized spacial score (nSPS) is 24.1. The molecule has 0 aromatic rings. The van der Waals surface area contributed by atoms with Gasteiger partial charge < -0.3 is 0 Å². The highest BCUT2D eigenvalue weighted by atomic mass is 14.4. The van der Waals surface area contributed by atoms with E-state index in [0.29, 0.717) is 5.41 Å². The summed E-state index contributed by atoms with van der Waals surface area (Å²) < 4.78 is 0. The van der Waals surface area contributed by atoms with Gasteiger partial charge in [-0.2, -0.15) is 0 Å². The van der Waals surface area contributed by atoms with Crippen LogP contribution in [0.3, 0.4) is 0 Å². The van der Waals surface area contributed by atoms with Crippen molar-refractivity contribution >= 4 is 0 Å². The Kier molecular flexibility index (Phi) is 16.1. The molecule has 0 nitrogen and oxygen atoms in total. The molecule has 1 unspecified atom stereocenters. The van der Waals surface area contributed by atoms with E-state index in [1.807, 2.05) is 0 Å². The van der Waals surface area contributed by atoms with Crippen LogP contribution in [0.4, 0.5) is 0 Å². The van der Waals surface area contributed by atoms with Crippen LogP contribution in [0, 0.1) is 17.3 Å². The molecule has 0 radical (unpaired) electrons. The van der Waals surface area contributed by atoms with Crippen LogP contribution in [0.25, 0.3) is 0 Å². The van der Waals surface area contributed by atoms with Crippen molar-refractivity contribution < 1.29 is 0 Å². The standard InChI is InChI=1S/C16H28.C8H12.C5H12/c1-4-6-7-8-9-13-16(3)14-10-12-15(16)11-5-2;1-7-5-3-4-6-8(7)2;1-4-5(2)3/h5-7,15H,2,4,8-14H2,1,3H3;1-6H2;5H,4H2,1-3H3/b7-6-;;/t15?,16-;;/m0../s1. The van der Waals surface area contributed by atoms with E-state index in [4.69, 9.17) is 0 Å². The van der Waals surface area contributed by atoms with Gasteiger partial charge in [-0.3, -0.25) is 0 Å². The third-order valence-electron chi connectivity index (χ3n) is 6.78. The zero-order valence-electron chi connectivity index (χ0n) is 20.7. The quantitative estimate of drug-likeness (QED) is 0.281. The van der Waals surface area contributed by atoms with Crippen LogP contribution in [0.2, 0.25) is 0 Å². The average Bonchev–Trinajstić information content (AvgIpc) is 3.06. The summed E-state index contributed by atoms with van der Waals surface area (Å²) in [7, 11) is 0.